The summed E-state index contributed by atoms with van der Waals surface area (Å²) in [4.78, 5) is 44.7. The number of aromatic nitrogens is 3. The van der Waals surface area contributed by atoms with Crippen LogP contribution in [0.5, 0.6) is 0 Å². The van der Waals surface area contributed by atoms with Crippen LogP contribution in [0.4, 0.5) is 10.6 Å². The van der Waals surface area contributed by atoms with Gasteiger partial charge in [0.2, 0.25) is 0 Å². The molecular formula is C22H29N5O5. The van der Waals surface area contributed by atoms with Crippen LogP contribution in [0, 0.1) is 16.7 Å². The zero-order valence-electron chi connectivity index (χ0n) is 18.0. The molecule has 2 atom stereocenters. The number of aliphatic carboxylic acids is 2. The Balaban J connectivity index is 0.000000193. The van der Waals surface area contributed by atoms with E-state index in [0.717, 1.165) is 32.1 Å². The third kappa shape index (κ3) is 4.90. The van der Waals surface area contributed by atoms with Gasteiger partial charge in [0.1, 0.15) is 5.52 Å². The van der Waals surface area contributed by atoms with Crippen LogP contribution in [0.3, 0.4) is 0 Å². The minimum Gasteiger partial charge on any atom is -0.481 e. The van der Waals surface area contributed by atoms with Gasteiger partial charge in [-0.25, -0.2) is 14.8 Å². The summed E-state index contributed by atoms with van der Waals surface area (Å²) in [6.07, 6.45) is 12.4. The molecule has 0 saturated heterocycles. The summed E-state index contributed by atoms with van der Waals surface area (Å²) in [5, 5.41) is 21.4. The van der Waals surface area contributed by atoms with Gasteiger partial charge in [0.15, 0.2) is 11.5 Å². The Morgan fingerprint density at radius 1 is 1.19 bits per heavy atom. The van der Waals surface area contributed by atoms with E-state index in [9.17, 15) is 24.6 Å². The number of carbonyl (C=O) groups is 3. The number of hydrogen-bond donors (Lipinski definition) is 5. The van der Waals surface area contributed by atoms with Crippen molar-refractivity contribution < 1.29 is 24.6 Å². The number of carbonyl (C=O) groups excluding carboxylic acids is 1. The minimum atomic E-state index is -1.05. The number of urea groups is 1. The van der Waals surface area contributed by atoms with E-state index in [0.29, 0.717) is 23.4 Å². The highest BCUT2D eigenvalue weighted by molar-refractivity contribution is 5.87. The molecule has 2 aliphatic carbocycles. The summed E-state index contributed by atoms with van der Waals surface area (Å²) >= 11 is 0. The van der Waals surface area contributed by atoms with E-state index in [1.54, 1.807) is 31.3 Å². The molecule has 10 nitrogen and oxygen atoms in total. The standard InChI is InChI=1S/C15H22O4.C7H7N5O/c1-14(12(16)17)8-5-9-15(10-14,13(18)19)11-6-3-2-4-7-11;8-7(13)12-5-3-10-6-4(11-5)1-2-9-6/h5,8,11H,2-4,6-7,9-10H2,1H3,(H,16,17)(H,18,19);1-3H,(H,9,10)(H3,8,11,12,13). The van der Waals surface area contributed by atoms with Crippen molar-refractivity contribution in [2.24, 2.45) is 22.5 Å². The van der Waals surface area contributed by atoms with E-state index in [1.807, 2.05) is 0 Å². The second-order valence-corrected chi connectivity index (χ2v) is 8.76. The van der Waals surface area contributed by atoms with Crippen LogP contribution in [0.2, 0.25) is 0 Å². The predicted octanol–water partition coefficient (Wildman–Crippen LogP) is 3.53. The van der Waals surface area contributed by atoms with Crippen LogP contribution in [0.25, 0.3) is 11.2 Å². The van der Waals surface area contributed by atoms with E-state index in [2.05, 4.69) is 20.3 Å². The van der Waals surface area contributed by atoms with Crippen molar-refractivity contribution in [3.05, 3.63) is 30.6 Å². The van der Waals surface area contributed by atoms with Crippen molar-refractivity contribution in [2.75, 3.05) is 5.32 Å². The molecule has 2 aromatic heterocycles. The normalized spacial score (nSPS) is 25.5. The maximum absolute atomic E-state index is 11.9. The highest BCUT2D eigenvalue weighted by Crippen LogP contribution is 2.51. The fraction of sp³-hybridized carbons (Fsp3) is 0.500. The van der Waals surface area contributed by atoms with Crippen LogP contribution in [0.15, 0.2) is 30.6 Å². The van der Waals surface area contributed by atoms with Crippen LogP contribution >= 0.6 is 0 Å². The third-order valence-corrected chi connectivity index (χ3v) is 6.46. The van der Waals surface area contributed by atoms with Crippen LogP contribution < -0.4 is 11.1 Å². The molecule has 0 spiro atoms. The largest absolute Gasteiger partial charge is 0.481 e. The molecule has 1 saturated carbocycles. The van der Waals surface area contributed by atoms with Crippen molar-refractivity contribution >= 4 is 35.0 Å². The Labute approximate surface area is 185 Å². The SMILES string of the molecule is CC1(C(=O)O)C=CCC(C(=O)O)(C2CCCCC2)C1.NC(=O)Nc1cnc2[nH]ccc2n1. The lowest BCUT2D eigenvalue weighted by Gasteiger charge is -2.44. The number of aromatic amines is 1. The number of fused-ring (bicyclic) bond motifs is 1. The zero-order valence-corrected chi connectivity index (χ0v) is 18.0. The smallest absolute Gasteiger partial charge is 0.317 e. The summed E-state index contributed by atoms with van der Waals surface area (Å²) in [5.74, 6) is -1.29. The van der Waals surface area contributed by atoms with E-state index in [4.69, 9.17) is 5.73 Å². The molecule has 0 aromatic carbocycles. The van der Waals surface area contributed by atoms with Gasteiger partial charge in [-0.2, -0.15) is 0 Å². The number of primary amides is 1. The maximum atomic E-state index is 11.9. The summed E-state index contributed by atoms with van der Waals surface area (Å²) in [6, 6.07) is 1.11. The topological polar surface area (TPSA) is 171 Å². The van der Waals surface area contributed by atoms with Crippen molar-refractivity contribution in [3.8, 4) is 0 Å². The Morgan fingerprint density at radius 2 is 1.91 bits per heavy atom. The fourth-order valence-electron chi connectivity index (χ4n) is 4.78. The number of nitrogens with one attached hydrogen (secondary N) is 2. The van der Waals surface area contributed by atoms with Gasteiger partial charge in [0.05, 0.1) is 17.0 Å². The molecule has 0 aliphatic heterocycles. The second kappa shape index (κ2) is 9.37. The van der Waals surface area contributed by atoms with Crippen LogP contribution in [-0.4, -0.2) is 43.1 Å². The van der Waals surface area contributed by atoms with Crippen LogP contribution in [0.1, 0.15) is 51.9 Å². The number of rotatable bonds is 4. The quantitative estimate of drug-likeness (QED) is 0.450. The first-order valence-corrected chi connectivity index (χ1v) is 10.7. The fourth-order valence-corrected chi connectivity index (χ4v) is 4.78. The minimum absolute atomic E-state index is 0.113. The molecule has 0 radical (unpaired) electrons. The van der Waals surface area contributed by atoms with Gasteiger partial charge < -0.3 is 20.9 Å². The van der Waals surface area contributed by atoms with Gasteiger partial charge >= 0.3 is 18.0 Å². The molecule has 2 amide bonds. The molecule has 2 aliphatic rings. The molecular weight excluding hydrogens is 414 g/mol. The molecule has 2 heterocycles. The highest BCUT2D eigenvalue weighted by Gasteiger charge is 2.52. The predicted molar refractivity (Wildman–Crippen MR) is 118 cm³/mol. The molecule has 172 valence electrons. The maximum Gasteiger partial charge on any atom is 0.317 e. The molecule has 2 unspecified atom stereocenters. The Kier molecular flexibility index (Phi) is 6.81. The molecule has 10 heteroatoms. The zero-order chi connectivity index (χ0) is 23.4. The first-order valence-electron chi connectivity index (χ1n) is 10.7. The number of nitrogens with zero attached hydrogens (tertiary/aromatic N) is 2. The lowest BCUT2D eigenvalue weighted by Crippen LogP contribution is -2.47. The van der Waals surface area contributed by atoms with E-state index in [1.165, 1.54) is 6.20 Å². The number of allylic oxidation sites excluding steroid dienone is 1. The summed E-state index contributed by atoms with van der Waals surface area (Å²) in [5.41, 5.74) is 4.35. The number of H-pyrrole nitrogens is 1. The van der Waals surface area contributed by atoms with Crippen molar-refractivity contribution in [1.29, 1.82) is 0 Å². The average molecular weight is 444 g/mol. The molecule has 32 heavy (non-hydrogen) atoms. The third-order valence-electron chi connectivity index (χ3n) is 6.46. The van der Waals surface area contributed by atoms with Gasteiger partial charge in [-0.05, 0) is 44.6 Å². The Hall–Kier alpha value is -3.43. The monoisotopic (exact) mass is 443 g/mol. The number of amides is 2. The first-order chi connectivity index (χ1) is 15.2. The van der Waals surface area contributed by atoms with Gasteiger partial charge in [0.25, 0.3) is 0 Å². The van der Waals surface area contributed by atoms with Gasteiger partial charge in [-0.1, -0.05) is 31.4 Å². The molecule has 0 bridgehead atoms. The number of hydrogen-bond acceptors (Lipinski definition) is 5. The number of carboxylic acid groups (broad SMARTS) is 2. The summed E-state index contributed by atoms with van der Waals surface area (Å²) in [7, 11) is 0. The van der Waals surface area contributed by atoms with Crippen LogP contribution in [-0.2, 0) is 9.59 Å². The van der Waals surface area contributed by atoms with E-state index >= 15 is 0 Å². The van der Waals surface area contributed by atoms with E-state index < -0.39 is 28.8 Å². The van der Waals surface area contributed by atoms with E-state index in [-0.39, 0.29) is 12.3 Å². The lowest BCUT2D eigenvalue weighted by molar-refractivity contribution is -0.160. The Morgan fingerprint density at radius 3 is 2.53 bits per heavy atom. The number of nitrogens with two attached hydrogens (primary N) is 1. The molecule has 6 N–H and O–H groups in total. The van der Waals surface area contributed by atoms with Gasteiger partial charge in [0, 0.05) is 6.20 Å². The van der Waals surface area contributed by atoms with Gasteiger partial charge in [-0.15, -0.1) is 0 Å². The average Bonchev–Trinajstić information content (AvgIpc) is 3.22. The van der Waals surface area contributed by atoms with Crippen molar-refractivity contribution in [1.82, 2.24) is 15.0 Å². The summed E-state index contributed by atoms with van der Waals surface area (Å²) < 4.78 is 0. The molecule has 2 aromatic rings. The first kappa shape index (κ1) is 23.2. The second-order valence-electron chi connectivity index (χ2n) is 8.76. The summed E-state index contributed by atoms with van der Waals surface area (Å²) in [6.45, 7) is 1.63. The lowest BCUT2D eigenvalue weighted by atomic mass is 9.58. The molecule has 4 rings (SSSR count). The number of carboxylic acids is 2. The number of anilines is 1. The highest BCUT2D eigenvalue weighted by atomic mass is 16.4. The Bertz CT molecular complexity index is 1030. The van der Waals surface area contributed by atoms with Crippen molar-refractivity contribution in [2.45, 2.75) is 51.9 Å². The van der Waals surface area contributed by atoms with Crippen molar-refractivity contribution in [3.63, 3.8) is 0 Å². The van der Waals surface area contributed by atoms with Gasteiger partial charge in [-0.3, -0.25) is 14.9 Å². The molecule has 1 fully saturated rings.